The monoisotopic (exact) mass is 444 g/mol. The first-order valence-corrected chi connectivity index (χ1v) is 9.53. The van der Waals surface area contributed by atoms with Crippen LogP contribution in [0.3, 0.4) is 0 Å². The Bertz CT molecular complexity index is 1120. The Balaban J connectivity index is 1.75. The summed E-state index contributed by atoms with van der Waals surface area (Å²) in [6.07, 6.45) is -3.02. The predicted molar refractivity (Wildman–Crippen MR) is 114 cm³/mol. The maximum atomic E-state index is 13.5. The number of benzene rings is 2. The van der Waals surface area contributed by atoms with Crippen LogP contribution in [0.1, 0.15) is 5.56 Å². The smallest absolute Gasteiger partial charge is 0.405 e. The first-order valence-electron chi connectivity index (χ1n) is 9.53. The van der Waals surface area contributed by atoms with Gasteiger partial charge < -0.3 is 15.8 Å². The first kappa shape index (κ1) is 21.2. The zero-order chi connectivity index (χ0) is 22.9. The van der Waals surface area contributed by atoms with E-state index < -0.39 is 18.8 Å². The van der Waals surface area contributed by atoms with E-state index in [1.807, 2.05) is 0 Å². The van der Waals surface area contributed by atoms with Gasteiger partial charge in [-0.25, -0.2) is 14.7 Å². The predicted octanol–water partition coefficient (Wildman–Crippen LogP) is 4.32. The van der Waals surface area contributed by atoms with Crippen LogP contribution in [0, 0.1) is 0 Å². The van der Waals surface area contributed by atoms with Gasteiger partial charge in [-0.3, -0.25) is 4.90 Å². The first-order chi connectivity index (χ1) is 15.2. The topological polar surface area (TPSA) is 96.6 Å². The summed E-state index contributed by atoms with van der Waals surface area (Å²) < 4.78 is 43.0. The van der Waals surface area contributed by atoms with Gasteiger partial charge in [0.05, 0.1) is 19.3 Å². The molecule has 1 aliphatic heterocycles. The summed E-state index contributed by atoms with van der Waals surface area (Å²) in [7, 11) is 1.54. The molecule has 0 atom stereocenters. The summed E-state index contributed by atoms with van der Waals surface area (Å²) in [6.45, 7) is -1.15. The molecule has 0 spiro atoms. The van der Waals surface area contributed by atoms with Crippen molar-refractivity contribution in [3.8, 4) is 5.75 Å². The molecule has 2 aromatic carbocycles. The molecule has 2 amide bonds. The summed E-state index contributed by atoms with van der Waals surface area (Å²) in [5, 5.41) is 2.15. The van der Waals surface area contributed by atoms with Gasteiger partial charge >= 0.3 is 12.2 Å². The van der Waals surface area contributed by atoms with Crippen LogP contribution in [-0.2, 0) is 6.54 Å². The van der Waals surface area contributed by atoms with Crippen LogP contribution in [0.25, 0.3) is 0 Å². The molecule has 1 aromatic heterocycles. The molecule has 1 aliphatic rings. The third-order valence-corrected chi connectivity index (χ3v) is 4.79. The van der Waals surface area contributed by atoms with Crippen molar-refractivity contribution >= 4 is 34.9 Å². The third kappa shape index (κ3) is 4.36. The number of nitrogens with zero attached hydrogens (tertiary/aromatic N) is 4. The van der Waals surface area contributed by atoms with Gasteiger partial charge in [0.15, 0.2) is 5.82 Å². The maximum absolute atomic E-state index is 13.5. The summed E-state index contributed by atoms with van der Waals surface area (Å²) in [6, 6.07) is 13.0. The molecule has 0 bridgehead atoms. The van der Waals surface area contributed by atoms with E-state index in [-0.39, 0.29) is 18.3 Å². The van der Waals surface area contributed by atoms with E-state index in [0.717, 1.165) is 0 Å². The molecule has 4 rings (SSSR count). The number of halogens is 3. The Morgan fingerprint density at radius 2 is 1.75 bits per heavy atom. The highest BCUT2D eigenvalue weighted by Gasteiger charge is 2.35. The standard InChI is InChI=1S/C21H19F3N6O2/c1-32-17-8-6-15(7-9-17)29-11-13-10-26-19(27-12-21(22,23)24)28-18(13)30(20(29)31)16-4-2-14(25)3-5-16/h2-10H,11-12,25H2,1H3,(H,26,27,28). The Hall–Kier alpha value is -4.02. The van der Waals surface area contributed by atoms with Gasteiger partial charge in [-0.2, -0.15) is 18.2 Å². The number of amides is 2. The highest BCUT2D eigenvalue weighted by atomic mass is 19.4. The summed E-state index contributed by atoms with van der Waals surface area (Å²) in [5.74, 6) is 0.606. The van der Waals surface area contributed by atoms with Gasteiger partial charge in [-0.1, -0.05) is 0 Å². The van der Waals surface area contributed by atoms with Gasteiger partial charge in [0.1, 0.15) is 12.3 Å². The molecule has 0 saturated heterocycles. The fourth-order valence-electron chi connectivity index (χ4n) is 3.24. The second-order valence-electron chi connectivity index (χ2n) is 7.00. The number of methoxy groups -OCH3 is 1. The van der Waals surface area contributed by atoms with Crippen LogP contribution in [0.15, 0.2) is 54.7 Å². The summed E-state index contributed by atoms with van der Waals surface area (Å²) >= 11 is 0. The van der Waals surface area contributed by atoms with Crippen molar-refractivity contribution in [1.82, 2.24) is 9.97 Å². The number of rotatable bonds is 5. The average molecular weight is 444 g/mol. The Morgan fingerprint density at radius 1 is 1.09 bits per heavy atom. The lowest BCUT2D eigenvalue weighted by Crippen LogP contribution is -2.45. The number of carbonyl (C=O) groups is 1. The van der Waals surface area contributed by atoms with Crippen LogP contribution in [0.2, 0.25) is 0 Å². The fraction of sp³-hybridized carbons (Fsp3) is 0.190. The second kappa shape index (κ2) is 8.25. The number of nitrogens with one attached hydrogen (secondary N) is 1. The number of aromatic nitrogens is 2. The van der Waals surface area contributed by atoms with Crippen molar-refractivity contribution in [1.29, 1.82) is 0 Å². The van der Waals surface area contributed by atoms with E-state index in [9.17, 15) is 18.0 Å². The number of hydrogen-bond donors (Lipinski definition) is 2. The third-order valence-electron chi connectivity index (χ3n) is 4.79. The number of nitrogen functional groups attached to an aromatic ring is 1. The van der Waals surface area contributed by atoms with Crippen LogP contribution >= 0.6 is 0 Å². The molecular weight excluding hydrogens is 425 g/mol. The highest BCUT2D eigenvalue weighted by molar-refractivity contribution is 6.10. The molecule has 0 unspecified atom stereocenters. The Kier molecular flexibility index (Phi) is 5.47. The van der Waals surface area contributed by atoms with Gasteiger partial charge in [0.25, 0.3) is 0 Å². The summed E-state index contributed by atoms with van der Waals surface area (Å²) in [4.78, 5) is 24.5. The minimum Gasteiger partial charge on any atom is -0.497 e. The molecule has 0 saturated carbocycles. The van der Waals surface area contributed by atoms with Crippen molar-refractivity contribution in [3.05, 3.63) is 60.3 Å². The van der Waals surface area contributed by atoms with Gasteiger partial charge in [-0.15, -0.1) is 0 Å². The molecule has 0 fully saturated rings. The van der Waals surface area contributed by atoms with Crippen molar-refractivity contribution in [3.63, 3.8) is 0 Å². The molecular formula is C21H19F3N6O2. The van der Waals surface area contributed by atoms with Gasteiger partial charge in [-0.05, 0) is 48.5 Å². The normalized spacial score (nSPS) is 13.7. The van der Waals surface area contributed by atoms with Crippen molar-refractivity contribution in [2.45, 2.75) is 12.7 Å². The SMILES string of the molecule is COc1ccc(N2Cc3cnc(NCC(F)(F)F)nc3N(c3ccc(N)cc3)C2=O)cc1. The maximum Gasteiger partial charge on any atom is 0.405 e. The summed E-state index contributed by atoms with van der Waals surface area (Å²) in [5.41, 5.74) is 7.91. The molecule has 11 heteroatoms. The number of alkyl halides is 3. The lowest BCUT2D eigenvalue weighted by Gasteiger charge is -2.36. The number of ether oxygens (including phenoxy) is 1. The van der Waals surface area contributed by atoms with E-state index >= 15 is 0 Å². The molecule has 32 heavy (non-hydrogen) atoms. The zero-order valence-electron chi connectivity index (χ0n) is 16.9. The number of carbonyl (C=O) groups excluding carboxylic acids is 1. The molecule has 0 radical (unpaired) electrons. The highest BCUT2D eigenvalue weighted by Crippen LogP contribution is 2.36. The Morgan fingerprint density at radius 3 is 2.38 bits per heavy atom. The second-order valence-corrected chi connectivity index (χ2v) is 7.00. The molecule has 3 N–H and O–H groups in total. The van der Waals surface area contributed by atoms with Crippen molar-refractivity contribution in [2.24, 2.45) is 0 Å². The minimum absolute atomic E-state index is 0.144. The van der Waals surface area contributed by atoms with E-state index in [2.05, 4.69) is 15.3 Å². The lowest BCUT2D eigenvalue weighted by molar-refractivity contribution is -0.115. The van der Waals surface area contributed by atoms with E-state index in [0.29, 0.717) is 28.4 Å². The van der Waals surface area contributed by atoms with E-state index in [4.69, 9.17) is 10.5 Å². The fourth-order valence-corrected chi connectivity index (χ4v) is 3.24. The zero-order valence-corrected chi connectivity index (χ0v) is 16.9. The van der Waals surface area contributed by atoms with Gasteiger partial charge in [0.2, 0.25) is 5.95 Å². The quantitative estimate of drug-likeness (QED) is 0.569. The average Bonchev–Trinajstić information content (AvgIpc) is 2.78. The Labute approximate surface area is 181 Å². The molecule has 3 aromatic rings. The minimum atomic E-state index is -4.43. The van der Waals surface area contributed by atoms with Gasteiger partial charge in [0, 0.05) is 23.1 Å². The molecule has 2 heterocycles. The lowest BCUT2D eigenvalue weighted by atomic mass is 10.1. The van der Waals surface area contributed by atoms with Crippen molar-refractivity contribution in [2.75, 3.05) is 34.5 Å². The number of anilines is 5. The number of fused-ring (bicyclic) bond motifs is 1. The number of hydrogen-bond acceptors (Lipinski definition) is 6. The van der Waals surface area contributed by atoms with E-state index in [1.165, 1.54) is 16.0 Å². The van der Waals surface area contributed by atoms with Crippen LogP contribution in [-0.4, -0.2) is 35.8 Å². The molecule has 0 aliphatic carbocycles. The molecule has 8 nitrogen and oxygen atoms in total. The number of urea groups is 1. The largest absolute Gasteiger partial charge is 0.497 e. The van der Waals surface area contributed by atoms with Crippen LogP contribution < -0.4 is 25.6 Å². The molecule has 166 valence electrons. The van der Waals surface area contributed by atoms with Crippen LogP contribution in [0.5, 0.6) is 5.75 Å². The van der Waals surface area contributed by atoms with Crippen LogP contribution in [0.4, 0.5) is 46.8 Å². The van der Waals surface area contributed by atoms with Crippen molar-refractivity contribution < 1.29 is 22.7 Å². The number of nitrogens with two attached hydrogens (primary N) is 1. The van der Waals surface area contributed by atoms with E-state index in [1.54, 1.807) is 55.6 Å².